The van der Waals surface area contributed by atoms with Crippen LogP contribution in [0.25, 0.3) is 0 Å². The Morgan fingerprint density at radius 1 is 0.921 bits per heavy atom. The number of carbonyl (C=O) groups excluding carboxylic acids is 3. The SMILES string of the molecule is CCOC(=O)[C@H]1CC[C@@H](Oc2ccc(C(=O)NCCNC(=O)c3ccc(OC(F)(F)F)c(Cl)c3)cc2)CC1. The van der Waals surface area contributed by atoms with E-state index in [1.54, 1.807) is 31.2 Å². The minimum absolute atomic E-state index is 0.00721. The summed E-state index contributed by atoms with van der Waals surface area (Å²) in [6, 6.07) is 9.81. The first-order chi connectivity index (χ1) is 18.1. The molecule has 38 heavy (non-hydrogen) atoms. The number of alkyl halides is 3. The Morgan fingerprint density at radius 2 is 1.50 bits per heavy atom. The molecule has 0 radical (unpaired) electrons. The van der Waals surface area contributed by atoms with E-state index in [0.717, 1.165) is 31.0 Å². The molecule has 0 atom stereocenters. The van der Waals surface area contributed by atoms with Gasteiger partial charge in [-0.2, -0.15) is 0 Å². The van der Waals surface area contributed by atoms with Crippen molar-refractivity contribution in [1.82, 2.24) is 10.6 Å². The standard InChI is InChI=1S/C26H28ClF3N2O6/c1-2-36-25(35)17-5-10-20(11-6-17)37-19-8-3-16(4-9-19)23(33)31-13-14-32-24(34)18-7-12-22(21(27)15-18)38-26(28,29)30/h3-4,7-9,12,15,17,20H,2,5-6,10-11,13-14H2,1H3,(H,31,33)(H,32,34)/t17-,20+. The highest BCUT2D eigenvalue weighted by Gasteiger charge is 2.32. The highest BCUT2D eigenvalue weighted by molar-refractivity contribution is 6.32. The van der Waals surface area contributed by atoms with Gasteiger partial charge in [0.2, 0.25) is 0 Å². The molecule has 1 aliphatic carbocycles. The van der Waals surface area contributed by atoms with E-state index >= 15 is 0 Å². The Bertz CT molecular complexity index is 1120. The van der Waals surface area contributed by atoms with E-state index in [1.807, 2.05) is 0 Å². The van der Waals surface area contributed by atoms with E-state index in [9.17, 15) is 27.6 Å². The number of esters is 1. The average molecular weight is 557 g/mol. The van der Waals surface area contributed by atoms with E-state index in [2.05, 4.69) is 15.4 Å². The van der Waals surface area contributed by atoms with Gasteiger partial charge in [-0.05, 0) is 75.1 Å². The number of halogens is 4. The van der Waals surface area contributed by atoms with Crippen LogP contribution in [0.3, 0.4) is 0 Å². The van der Waals surface area contributed by atoms with Crippen LogP contribution in [0.5, 0.6) is 11.5 Å². The fourth-order valence-electron chi connectivity index (χ4n) is 3.96. The van der Waals surface area contributed by atoms with Crippen LogP contribution in [-0.4, -0.2) is 49.9 Å². The number of carbonyl (C=O) groups is 3. The molecule has 3 rings (SSSR count). The van der Waals surface area contributed by atoms with Crippen molar-refractivity contribution in [1.29, 1.82) is 0 Å². The summed E-state index contributed by atoms with van der Waals surface area (Å²) < 4.78 is 51.8. The maximum atomic E-state index is 12.4. The molecular weight excluding hydrogens is 529 g/mol. The van der Waals surface area contributed by atoms with Crippen LogP contribution in [0.2, 0.25) is 5.02 Å². The first-order valence-electron chi connectivity index (χ1n) is 12.1. The molecule has 0 aromatic heterocycles. The number of hydrogen-bond acceptors (Lipinski definition) is 6. The van der Waals surface area contributed by atoms with Crippen molar-refractivity contribution in [3.05, 3.63) is 58.6 Å². The Kier molecular flexibility index (Phi) is 10.2. The summed E-state index contributed by atoms with van der Waals surface area (Å²) in [4.78, 5) is 36.4. The third kappa shape index (κ3) is 8.83. The van der Waals surface area contributed by atoms with Gasteiger partial charge in [0, 0.05) is 24.2 Å². The second-order valence-corrected chi connectivity index (χ2v) is 8.98. The summed E-state index contributed by atoms with van der Waals surface area (Å²) in [5.41, 5.74) is 0.447. The first-order valence-corrected chi connectivity index (χ1v) is 12.5. The van der Waals surface area contributed by atoms with E-state index in [4.69, 9.17) is 21.1 Å². The fraction of sp³-hybridized carbons (Fsp3) is 0.423. The van der Waals surface area contributed by atoms with Crippen molar-refractivity contribution in [3.8, 4) is 11.5 Å². The van der Waals surface area contributed by atoms with Crippen molar-refractivity contribution >= 4 is 29.4 Å². The second kappa shape index (κ2) is 13.4. The van der Waals surface area contributed by atoms with Gasteiger partial charge >= 0.3 is 12.3 Å². The van der Waals surface area contributed by atoms with E-state index in [-0.39, 0.29) is 47.6 Å². The number of rotatable bonds is 10. The Hall–Kier alpha value is -3.47. The number of nitrogens with one attached hydrogen (secondary N) is 2. The summed E-state index contributed by atoms with van der Waals surface area (Å²) in [7, 11) is 0. The van der Waals surface area contributed by atoms with Crippen molar-refractivity contribution < 1.29 is 41.8 Å². The number of amides is 2. The van der Waals surface area contributed by atoms with Crippen molar-refractivity contribution in [2.24, 2.45) is 5.92 Å². The zero-order valence-corrected chi connectivity index (χ0v) is 21.4. The molecule has 0 aliphatic heterocycles. The lowest BCUT2D eigenvalue weighted by Gasteiger charge is -2.27. The summed E-state index contributed by atoms with van der Waals surface area (Å²) in [6.07, 6.45) is -1.99. The van der Waals surface area contributed by atoms with Gasteiger partial charge in [-0.15, -0.1) is 13.2 Å². The largest absolute Gasteiger partial charge is 0.573 e. The molecule has 1 saturated carbocycles. The molecule has 0 spiro atoms. The molecule has 8 nitrogen and oxygen atoms in total. The molecular formula is C26H28ClF3N2O6. The molecule has 1 aliphatic rings. The monoisotopic (exact) mass is 556 g/mol. The Labute approximate surface area is 222 Å². The second-order valence-electron chi connectivity index (χ2n) is 8.57. The van der Waals surface area contributed by atoms with Crippen LogP contribution in [0.15, 0.2) is 42.5 Å². The molecule has 2 aromatic carbocycles. The van der Waals surface area contributed by atoms with Crippen LogP contribution in [0.4, 0.5) is 13.2 Å². The quantitative estimate of drug-likeness (QED) is 0.319. The van der Waals surface area contributed by atoms with Crippen LogP contribution in [0, 0.1) is 5.92 Å². The molecule has 0 heterocycles. The minimum Gasteiger partial charge on any atom is -0.490 e. The highest BCUT2D eigenvalue weighted by atomic mass is 35.5. The molecule has 0 saturated heterocycles. The van der Waals surface area contributed by atoms with Crippen molar-refractivity contribution in [2.75, 3.05) is 19.7 Å². The predicted octanol–water partition coefficient (Wildman–Crippen LogP) is 4.90. The fourth-order valence-corrected chi connectivity index (χ4v) is 4.18. The summed E-state index contributed by atoms with van der Waals surface area (Å²) in [5, 5.41) is 4.86. The number of ether oxygens (including phenoxy) is 3. The van der Waals surface area contributed by atoms with Crippen molar-refractivity contribution in [3.63, 3.8) is 0 Å². The molecule has 2 N–H and O–H groups in total. The molecule has 2 aromatic rings. The van der Waals surface area contributed by atoms with Gasteiger partial charge in [0.15, 0.2) is 0 Å². The molecule has 0 bridgehead atoms. The first kappa shape index (κ1) is 29.1. The average Bonchev–Trinajstić information content (AvgIpc) is 2.88. The molecule has 1 fully saturated rings. The lowest BCUT2D eigenvalue weighted by molar-refractivity contribution is -0.274. The highest BCUT2D eigenvalue weighted by Crippen LogP contribution is 2.31. The van der Waals surface area contributed by atoms with Crippen LogP contribution in [0.1, 0.15) is 53.3 Å². The summed E-state index contributed by atoms with van der Waals surface area (Å²) in [5.74, 6) is -1.14. The summed E-state index contributed by atoms with van der Waals surface area (Å²) in [6.45, 7) is 2.37. The molecule has 12 heteroatoms. The van der Waals surface area contributed by atoms with Gasteiger partial charge in [0.25, 0.3) is 11.8 Å². The lowest BCUT2D eigenvalue weighted by Crippen LogP contribution is -2.34. The number of benzene rings is 2. The predicted molar refractivity (Wildman–Crippen MR) is 132 cm³/mol. The molecule has 2 amide bonds. The molecule has 0 unspecified atom stereocenters. The summed E-state index contributed by atoms with van der Waals surface area (Å²) >= 11 is 5.76. The van der Waals surface area contributed by atoms with Crippen LogP contribution < -0.4 is 20.1 Å². The van der Waals surface area contributed by atoms with E-state index < -0.39 is 18.0 Å². The van der Waals surface area contributed by atoms with Gasteiger partial charge in [0.1, 0.15) is 11.5 Å². The normalized spacial score (nSPS) is 17.3. The third-order valence-electron chi connectivity index (χ3n) is 5.83. The van der Waals surface area contributed by atoms with Gasteiger partial charge in [-0.25, -0.2) is 0 Å². The zero-order chi connectivity index (χ0) is 27.7. The maximum Gasteiger partial charge on any atom is 0.573 e. The molecule has 206 valence electrons. The van der Waals surface area contributed by atoms with Gasteiger partial charge in [-0.1, -0.05) is 11.6 Å². The van der Waals surface area contributed by atoms with Gasteiger partial charge in [-0.3, -0.25) is 14.4 Å². The minimum atomic E-state index is -4.90. The van der Waals surface area contributed by atoms with Crippen LogP contribution >= 0.6 is 11.6 Å². The topological polar surface area (TPSA) is 103 Å². The Balaban J connectivity index is 1.38. The van der Waals surface area contributed by atoms with E-state index in [0.29, 0.717) is 30.8 Å². The third-order valence-corrected chi connectivity index (χ3v) is 6.12. The maximum absolute atomic E-state index is 12.4. The van der Waals surface area contributed by atoms with E-state index in [1.165, 1.54) is 0 Å². The van der Waals surface area contributed by atoms with Gasteiger partial charge in [0.05, 0.1) is 23.7 Å². The van der Waals surface area contributed by atoms with Gasteiger partial charge < -0.3 is 24.8 Å². The van der Waals surface area contributed by atoms with Crippen LogP contribution in [-0.2, 0) is 9.53 Å². The lowest BCUT2D eigenvalue weighted by atomic mass is 9.87. The smallest absolute Gasteiger partial charge is 0.490 e. The zero-order valence-electron chi connectivity index (χ0n) is 20.6. The van der Waals surface area contributed by atoms with Crippen molar-refractivity contribution in [2.45, 2.75) is 45.1 Å². The Morgan fingerprint density at radius 3 is 2.05 bits per heavy atom. The number of hydrogen-bond donors (Lipinski definition) is 2.